The van der Waals surface area contributed by atoms with Gasteiger partial charge < -0.3 is 0 Å². The van der Waals surface area contributed by atoms with E-state index in [2.05, 4.69) is 157 Å². The minimum atomic E-state index is 0.0820. The topological polar surface area (TPSA) is 0 Å². The maximum Gasteiger partial charge on any atom is 0.0248 e. The highest BCUT2D eigenvalue weighted by Crippen LogP contribution is 2.54. The fraction of sp³-hybridized carbons (Fsp3) is 0.263. The predicted octanol–water partition coefficient (Wildman–Crippen LogP) is 12.0. The van der Waals surface area contributed by atoms with E-state index in [4.69, 9.17) is 0 Å². The van der Waals surface area contributed by atoms with Gasteiger partial charge in [-0.3, -0.25) is 0 Å². The van der Waals surface area contributed by atoms with Gasteiger partial charge in [0.1, 0.15) is 0 Å². The van der Waals surface area contributed by atoms with Crippen molar-refractivity contribution in [2.24, 2.45) is 0 Å². The van der Waals surface area contributed by atoms with Gasteiger partial charge in [-0.05, 0) is 106 Å². The summed E-state index contributed by atoms with van der Waals surface area (Å²) in [7, 11) is 0. The average molecular weight is 653 g/mol. The number of fused-ring (bicyclic) bond motifs is 6. The van der Waals surface area contributed by atoms with Crippen LogP contribution in [-0.2, 0) is 10.8 Å². The van der Waals surface area contributed by atoms with Crippen molar-refractivity contribution in [1.82, 2.24) is 0 Å². The molecule has 0 radical (unpaired) electrons. The van der Waals surface area contributed by atoms with E-state index in [9.17, 15) is 0 Å². The van der Waals surface area contributed by atoms with Gasteiger partial charge in [-0.1, -0.05) is 132 Å². The Morgan fingerprint density at radius 2 is 0.850 bits per heavy atom. The minimum Gasteiger partial charge on any atom is -0.0642 e. The second-order valence-electron chi connectivity index (χ2n) is 11.2. The summed E-state index contributed by atoms with van der Waals surface area (Å²) in [6.45, 7) is 9.31. The molecule has 2 heteroatoms. The molecule has 0 atom stereocenters. The van der Waals surface area contributed by atoms with E-state index in [1.165, 1.54) is 55.6 Å². The fourth-order valence-corrected chi connectivity index (χ4v) is 8.33. The first-order valence-electron chi connectivity index (χ1n) is 14.7. The number of allylic oxidation sites excluding steroid dienone is 2. The summed E-state index contributed by atoms with van der Waals surface area (Å²) in [5, 5.41) is 0. The van der Waals surface area contributed by atoms with Gasteiger partial charge in [-0.25, -0.2) is 0 Å². The molecule has 0 saturated carbocycles. The highest BCUT2D eigenvalue weighted by Gasteiger charge is 2.41. The van der Waals surface area contributed by atoms with Crippen LogP contribution < -0.4 is 0 Å². The van der Waals surface area contributed by atoms with Crippen LogP contribution in [-0.4, -0.2) is 0 Å². The van der Waals surface area contributed by atoms with Gasteiger partial charge in [0.15, 0.2) is 0 Å². The van der Waals surface area contributed by atoms with Gasteiger partial charge in [0.2, 0.25) is 0 Å². The zero-order valence-corrected chi connectivity index (χ0v) is 27.0. The van der Waals surface area contributed by atoms with E-state index in [0.717, 1.165) is 34.6 Å². The summed E-state index contributed by atoms with van der Waals surface area (Å²) < 4.78 is 2.18. The molecule has 4 aromatic rings. The molecule has 0 N–H and O–H groups in total. The van der Waals surface area contributed by atoms with Crippen LogP contribution in [0.3, 0.4) is 0 Å². The van der Waals surface area contributed by atoms with Crippen molar-refractivity contribution >= 4 is 40.8 Å². The van der Waals surface area contributed by atoms with E-state index in [0.29, 0.717) is 0 Å². The lowest BCUT2D eigenvalue weighted by atomic mass is 9.73. The molecule has 0 heterocycles. The smallest absolute Gasteiger partial charge is 0.0248 e. The lowest BCUT2D eigenvalue weighted by Gasteiger charge is -2.30. The van der Waals surface area contributed by atoms with Crippen LogP contribution in [0.1, 0.15) is 86.8 Å². The third-order valence-electron chi connectivity index (χ3n) is 9.88. The highest BCUT2D eigenvalue weighted by molar-refractivity contribution is 9.15. The van der Waals surface area contributed by atoms with Crippen LogP contribution in [0.4, 0.5) is 0 Å². The standard InChI is InChI=1S/C38H36Br2/c1-5-37(6-2)31-15-11-9-13-27(31)29-19-17-25(23-33(29)37)35(39)21-22-36(40)26-18-20-30-28-14-10-12-16-32(28)38(7-3,8-4)34(30)24-26/h9-24H,5-8H2,1-4H3/b35-21-,36-22-. The van der Waals surface area contributed by atoms with Crippen LogP contribution in [0, 0.1) is 0 Å². The quantitative estimate of drug-likeness (QED) is 0.174. The molecule has 4 aromatic carbocycles. The molecule has 0 bridgehead atoms. The average Bonchev–Trinajstić information content (AvgIpc) is 3.46. The largest absolute Gasteiger partial charge is 0.0642 e. The third kappa shape index (κ3) is 3.97. The van der Waals surface area contributed by atoms with E-state index in [-0.39, 0.29) is 10.8 Å². The summed E-state index contributed by atoms with van der Waals surface area (Å²) >= 11 is 7.83. The van der Waals surface area contributed by atoms with Crippen molar-refractivity contribution < 1.29 is 0 Å². The van der Waals surface area contributed by atoms with Crippen LogP contribution in [0.5, 0.6) is 0 Å². The van der Waals surface area contributed by atoms with Crippen molar-refractivity contribution in [1.29, 1.82) is 0 Å². The molecule has 0 spiro atoms. The van der Waals surface area contributed by atoms with Crippen molar-refractivity contribution in [2.45, 2.75) is 64.2 Å². The Hall–Kier alpha value is -2.68. The molecule has 202 valence electrons. The van der Waals surface area contributed by atoms with Gasteiger partial charge in [0.05, 0.1) is 0 Å². The lowest BCUT2D eigenvalue weighted by molar-refractivity contribution is 0.490. The van der Waals surface area contributed by atoms with Crippen molar-refractivity contribution in [3.05, 3.63) is 130 Å². The molecule has 0 amide bonds. The lowest BCUT2D eigenvalue weighted by Crippen LogP contribution is -2.23. The van der Waals surface area contributed by atoms with E-state index < -0.39 is 0 Å². The Morgan fingerprint density at radius 3 is 1.23 bits per heavy atom. The van der Waals surface area contributed by atoms with Crippen LogP contribution in [0.25, 0.3) is 31.2 Å². The van der Waals surface area contributed by atoms with Gasteiger partial charge in [-0.15, -0.1) is 0 Å². The maximum atomic E-state index is 3.92. The molecule has 2 aliphatic carbocycles. The monoisotopic (exact) mass is 650 g/mol. The first-order chi connectivity index (χ1) is 19.4. The normalized spacial score (nSPS) is 16.4. The Kier molecular flexibility index (Phi) is 7.30. The SMILES string of the molecule is CCC1(CC)c2ccccc2-c2ccc(/C(Br)=C/C=C(\Br)c3ccc4c(c3)C(CC)(CC)c3ccccc3-4)cc21. The Morgan fingerprint density at radius 1 is 0.500 bits per heavy atom. The number of hydrogen-bond acceptors (Lipinski definition) is 0. The molecular weight excluding hydrogens is 616 g/mol. The van der Waals surface area contributed by atoms with Crippen LogP contribution in [0.15, 0.2) is 97.1 Å². The molecular formula is C38H36Br2. The Balaban J connectivity index is 1.35. The number of benzene rings is 4. The third-order valence-corrected chi connectivity index (χ3v) is 11.3. The first kappa shape index (κ1) is 27.5. The van der Waals surface area contributed by atoms with Crippen LogP contribution in [0.2, 0.25) is 0 Å². The first-order valence-corrected chi connectivity index (χ1v) is 16.2. The van der Waals surface area contributed by atoms with E-state index >= 15 is 0 Å². The summed E-state index contributed by atoms with van der Waals surface area (Å²) in [4.78, 5) is 0. The molecule has 6 rings (SSSR count). The number of hydrogen-bond donors (Lipinski definition) is 0. The summed E-state index contributed by atoms with van der Waals surface area (Å²) in [5.74, 6) is 0. The van der Waals surface area contributed by atoms with Gasteiger partial charge in [-0.2, -0.15) is 0 Å². The second-order valence-corrected chi connectivity index (χ2v) is 12.9. The van der Waals surface area contributed by atoms with Crippen molar-refractivity contribution in [2.75, 3.05) is 0 Å². The molecule has 0 nitrogen and oxygen atoms in total. The molecule has 0 unspecified atom stereocenters. The summed E-state index contributed by atoms with van der Waals surface area (Å²) in [6.07, 6.45) is 8.77. The molecule has 2 aliphatic rings. The maximum absolute atomic E-state index is 3.92. The Bertz CT molecular complexity index is 1540. The highest BCUT2D eigenvalue weighted by atomic mass is 79.9. The predicted molar refractivity (Wildman–Crippen MR) is 180 cm³/mol. The van der Waals surface area contributed by atoms with E-state index in [1.54, 1.807) is 0 Å². The molecule has 0 saturated heterocycles. The molecule has 40 heavy (non-hydrogen) atoms. The van der Waals surface area contributed by atoms with Crippen molar-refractivity contribution in [3.63, 3.8) is 0 Å². The van der Waals surface area contributed by atoms with Crippen LogP contribution >= 0.6 is 31.9 Å². The molecule has 0 fully saturated rings. The number of halogens is 2. The summed E-state index contributed by atoms with van der Waals surface area (Å²) in [6, 6.07) is 31.9. The van der Waals surface area contributed by atoms with Crippen molar-refractivity contribution in [3.8, 4) is 22.3 Å². The zero-order valence-electron chi connectivity index (χ0n) is 23.8. The fourth-order valence-electron chi connectivity index (χ4n) is 7.57. The Labute approximate surface area is 256 Å². The van der Waals surface area contributed by atoms with Gasteiger partial charge in [0, 0.05) is 19.8 Å². The molecule has 0 aromatic heterocycles. The minimum absolute atomic E-state index is 0.0820. The van der Waals surface area contributed by atoms with E-state index in [1.807, 2.05) is 0 Å². The van der Waals surface area contributed by atoms with Gasteiger partial charge in [0.25, 0.3) is 0 Å². The summed E-state index contributed by atoms with van der Waals surface area (Å²) in [5.41, 5.74) is 14.0. The number of rotatable bonds is 7. The molecule has 0 aliphatic heterocycles. The zero-order chi connectivity index (χ0) is 28.1. The van der Waals surface area contributed by atoms with Gasteiger partial charge >= 0.3 is 0 Å². The second kappa shape index (κ2) is 10.6.